The molecule has 0 spiro atoms. The standard InChI is InChI=1S/C27H40N2O3/c1-17-7-12-27(4)21-9-11-26(3)20(19(21)8-10-25(27,2)13-17)5-6-22(26)23(30)16-29-15-18(14-28-29)24(31)32/h14-15,17,19-22H,5-13,16H2,1-4H3,(H,31,32). The fraction of sp³-hybridized carbons (Fsp3) is 0.815. The summed E-state index contributed by atoms with van der Waals surface area (Å²) in [6.07, 6.45) is 14.3. The van der Waals surface area contributed by atoms with Crippen LogP contribution in [0.1, 0.15) is 95.8 Å². The van der Waals surface area contributed by atoms with E-state index in [1.807, 2.05) is 0 Å². The van der Waals surface area contributed by atoms with Crippen LogP contribution < -0.4 is 0 Å². The summed E-state index contributed by atoms with van der Waals surface area (Å²) >= 11 is 0. The molecular formula is C27H40N2O3. The molecule has 5 nitrogen and oxygen atoms in total. The first-order valence-electron chi connectivity index (χ1n) is 12.9. The average Bonchev–Trinajstić information content (AvgIpc) is 3.33. The molecule has 32 heavy (non-hydrogen) atoms. The number of carbonyl (C=O) groups excluding carboxylic acids is 1. The number of fused-ring (bicyclic) bond motifs is 5. The Labute approximate surface area is 192 Å². The number of hydrogen-bond donors (Lipinski definition) is 1. The minimum absolute atomic E-state index is 0.0819. The Hall–Kier alpha value is -1.65. The molecule has 1 heterocycles. The second kappa shape index (κ2) is 7.43. The summed E-state index contributed by atoms with van der Waals surface area (Å²) in [5, 5.41) is 13.3. The molecule has 1 N–H and O–H groups in total. The number of Topliss-reactive ketones (excluding diaryl/α,β-unsaturated/α-hetero) is 1. The lowest BCUT2D eigenvalue weighted by molar-refractivity contribution is -0.162. The molecule has 5 rings (SSSR count). The molecule has 5 heteroatoms. The predicted molar refractivity (Wildman–Crippen MR) is 123 cm³/mol. The molecule has 176 valence electrons. The van der Waals surface area contributed by atoms with Gasteiger partial charge in [-0.2, -0.15) is 5.10 Å². The Balaban J connectivity index is 1.34. The van der Waals surface area contributed by atoms with Gasteiger partial charge in [0.25, 0.3) is 0 Å². The lowest BCUT2D eigenvalue weighted by atomic mass is 9.40. The van der Waals surface area contributed by atoms with E-state index in [1.54, 1.807) is 0 Å². The fourth-order valence-electron chi connectivity index (χ4n) is 9.30. The van der Waals surface area contributed by atoms with Crippen LogP contribution in [-0.4, -0.2) is 26.6 Å². The maximum Gasteiger partial charge on any atom is 0.338 e. The third kappa shape index (κ3) is 3.13. The monoisotopic (exact) mass is 440 g/mol. The third-order valence-electron chi connectivity index (χ3n) is 11.2. The molecule has 0 bridgehead atoms. The number of rotatable bonds is 4. The first-order chi connectivity index (χ1) is 15.1. The largest absolute Gasteiger partial charge is 0.478 e. The number of carboxylic acids is 1. The summed E-state index contributed by atoms with van der Waals surface area (Å²) in [6.45, 7) is 10.2. The van der Waals surface area contributed by atoms with Gasteiger partial charge < -0.3 is 5.11 Å². The van der Waals surface area contributed by atoms with Gasteiger partial charge >= 0.3 is 5.97 Å². The van der Waals surface area contributed by atoms with Crippen molar-refractivity contribution in [3.8, 4) is 0 Å². The summed E-state index contributed by atoms with van der Waals surface area (Å²) in [7, 11) is 0. The van der Waals surface area contributed by atoms with E-state index in [1.165, 1.54) is 62.0 Å². The summed E-state index contributed by atoms with van der Waals surface area (Å²) in [6, 6.07) is 0. The molecule has 1 aromatic heterocycles. The zero-order valence-electron chi connectivity index (χ0n) is 20.3. The molecule has 8 atom stereocenters. The summed E-state index contributed by atoms with van der Waals surface area (Å²) < 4.78 is 1.52. The smallest absolute Gasteiger partial charge is 0.338 e. The first kappa shape index (κ1) is 22.2. The maximum absolute atomic E-state index is 13.4. The number of nitrogens with zero attached hydrogens (tertiary/aromatic N) is 2. The van der Waals surface area contributed by atoms with Crippen molar-refractivity contribution < 1.29 is 14.7 Å². The lowest BCUT2D eigenvalue weighted by Crippen LogP contribution is -2.57. The molecular weight excluding hydrogens is 400 g/mol. The van der Waals surface area contributed by atoms with Crippen molar-refractivity contribution in [2.24, 2.45) is 45.8 Å². The number of carbonyl (C=O) groups is 2. The molecule has 4 aliphatic carbocycles. The molecule has 0 aliphatic heterocycles. The van der Waals surface area contributed by atoms with Crippen LogP contribution in [-0.2, 0) is 11.3 Å². The van der Waals surface area contributed by atoms with Crippen LogP contribution in [0.15, 0.2) is 12.4 Å². The van der Waals surface area contributed by atoms with E-state index < -0.39 is 5.97 Å². The summed E-state index contributed by atoms with van der Waals surface area (Å²) in [5.74, 6) is 2.42. The molecule has 4 saturated carbocycles. The van der Waals surface area contributed by atoms with E-state index in [4.69, 9.17) is 5.11 Å². The predicted octanol–water partition coefficient (Wildman–Crippen LogP) is 5.84. The van der Waals surface area contributed by atoms with E-state index >= 15 is 0 Å². The highest BCUT2D eigenvalue weighted by Gasteiger charge is 2.63. The normalized spacial score (nSPS) is 45.6. The zero-order chi connectivity index (χ0) is 22.9. The van der Waals surface area contributed by atoms with Gasteiger partial charge in [-0.25, -0.2) is 4.79 Å². The van der Waals surface area contributed by atoms with E-state index in [0.717, 1.165) is 30.6 Å². The Morgan fingerprint density at radius 2 is 1.84 bits per heavy atom. The Morgan fingerprint density at radius 1 is 1.06 bits per heavy atom. The molecule has 4 aliphatic rings. The molecule has 0 saturated heterocycles. The van der Waals surface area contributed by atoms with Crippen LogP contribution >= 0.6 is 0 Å². The quantitative estimate of drug-likeness (QED) is 0.639. The van der Waals surface area contributed by atoms with Crippen LogP contribution in [0.25, 0.3) is 0 Å². The second-order valence-electron chi connectivity index (χ2n) is 12.6. The van der Waals surface area contributed by atoms with Gasteiger partial charge in [0.1, 0.15) is 0 Å². The van der Waals surface area contributed by atoms with Gasteiger partial charge in [0.05, 0.1) is 18.3 Å². The van der Waals surface area contributed by atoms with Crippen LogP contribution in [0, 0.1) is 45.8 Å². The van der Waals surface area contributed by atoms with Crippen molar-refractivity contribution in [3.05, 3.63) is 18.0 Å². The van der Waals surface area contributed by atoms with Crippen molar-refractivity contribution in [3.63, 3.8) is 0 Å². The average molecular weight is 441 g/mol. The first-order valence-corrected chi connectivity index (χ1v) is 12.9. The van der Waals surface area contributed by atoms with Gasteiger partial charge in [-0.3, -0.25) is 9.48 Å². The topological polar surface area (TPSA) is 72.2 Å². The van der Waals surface area contributed by atoms with Gasteiger partial charge in [0.2, 0.25) is 0 Å². The minimum atomic E-state index is -0.996. The molecule has 4 fully saturated rings. The van der Waals surface area contributed by atoms with Crippen molar-refractivity contribution in [2.75, 3.05) is 0 Å². The van der Waals surface area contributed by atoms with Crippen LogP contribution in [0.3, 0.4) is 0 Å². The van der Waals surface area contributed by atoms with Crippen molar-refractivity contribution >= 4 is 11.8 Å². The van der Waals surface area contributed by atoms with Crippen molar-refractivity contribution in [1.29, 1.82) is 0 Å². The Kier molecular flexibility index (Phi) is 5.14. The SMILES string of the molecule is CC1CCC2(C)C3CCC4(C)C(C(=O)Cn5cc(C(=O)O)cn5)CCC4C3CCC2(C)C1. The van der Waals surface area contributed by atoms with E-state index in [9.17, 15) is 9.59 Å². The molecule has 0 aromatic carbocycles. The van der Waals surface area contributed by atoms with Crippen LogP contribution in [0.2, 0.25) is 0 Å². The number of aromatic carboxylic acids is 1. The third-order valence-corrected chi connectivity index (χ3v) is 11.2. The van der Waals surface area contributed by atoms with Gasteiger partial charge in [0, 0.05) is 12.1 Å². The minimum Gasteiger partial charge on any atom is -0.478 e. The van der Waals surface area contributed by atoms with Gasteiger partial charge in [0.15, 0.2) is 5.78 Å². The van der Waals surface area contributed by atoms with Crippen molar-refractivity contribution in [1.82, 2.24) is 9.78 Å². The second-order valence-corrected chi connectivity index (χ2v) is 12.6. The highest BCUT2D eigenvalue weighted by Crippen LogP contribution is 2.71. The van der Waals surface area contributed by atoms with E-state index in [0.29, 0.717) is 16.7 Å². The lowest BCUT2D eigenvalue weighted by Gasteiger charge is -2.65. The van der Waals surface area contributed by atoms with Crippen molar-refractivity contribution in [2.45, 2.75) is 92.0 Å². The summed E-state index contributed by atoms with van der Waals surface area (Å²) in [4.78, 5) is 24.5. The molecule has 0 amide bonds. The van der Waals surface area contributed by atoms with Crippen LogP contribution in [0.5, 0.6) is 0 Å². The van der Waals surface area contributed by atoms with E-state index in [2.05, 4.69) is 32.8 Å². The highest BCUT2D eigenvalue weighted by atomic mass is 16.4. The van der Waals surface area contributed by atoms with E-state index in [-0.39, 0.29) is 29.2 Å². The van der Waals surface area contributed by atoms with Gasteiger partial charge in [-0.15, -0.1) is 0 Å². The summed E-state index contributed by atoms with van der Waals surface area (Å²) in [5.41, 5.74) is 1.17. The number of ketones is 1. The molecule has 1 aromatic rings. The van der Waals surface area contributed by atoms with Gasteiger partial charge in [-0.1, -0.05) is 34.1 Å². The number of aromatic nitrogens is 2. The van der Waals surface area contributed by atoms with Gasteiger partial charge in [-0.05, 0) is 91.3 Å². The highest BCUT2D eigenvalue weighted by molar-refractivity contribution is 5.87. The Bertz CT molecular complexity index is 924. The maximum atomic E-state index is 13.4. The fourth-order valence-corrected chi connectivity index (χ4v) is 9.30. The Morgan fingerprint density at radius 3 is 2.56 bits per heavy atom. The molecule has 8 unspecified atom stereocenters. The van der Waals surface area contributed by atoms with Crippen LogP contribution in [0.4, 0.5) is 0 Å². The number of carboxylic acid groups (broad SMARTS) is 1. The number of hydrogen-bond acceptors (Lipinski definition) is 3. The molecule has 0 radical (unpaired) electrons. The zero-order valence-corrected chi connectivity index (χ0v) is 20.3.